The van der Waals surface area contributed by atoms with Crippen molar-refractivity contribution in [2.75, 3.05) is 0 Å². The molecule has 0 aliphatic heterocycles. The lowest BCUT2D eigenvalue weighted by atomic mass is 9.99. The third-order valence-electron chi connectivity index (χ3n) is 4.99. The number of aromatic amines is 1. The highest BCUT2D eigenvalue weighted by Gasteiger charge is 2.14. The lowest BCUT2D eigenvalue weighted by Gasteiger charge is -2.09. The first-order valence-corrected chi connectivity index (χ1v) is 11.0. The monoisotopic (exact) mass is 418 g/mol. The van der Waals surface area contributed by atoms with E-state index in [9.17, 15) is 8.42 Å². The normalized spacial score (nSPS) is 11.5. The number of pyridine rings is 1. The second-order valence-corrected chi connectivity index (χ2v) is 8.95. The Labute approximate surface area is 176 Å². The van der Waals surface area contributed by atoms with Gasteiger partial charge in [0.1, 0.15) is 0 Å². The van der Waals surface area contributed by atoms with E-state index in [1.807, 2.05) is 50.4 Å². The molecule has 2 aromatic heterocycles. The van der Waals surface area contributed by atoms with Crippen LogP contribution in [0.1, 0.15) is 16.7 Å². The van der Waals surface area contributed by atoms with Crippen LogP contribution >= 0.6 is 0 Å². The van der Waals surface area contributed by atoms with Gasteiger partial charge >= 0.3 is 0 Å². The van der Waals surface area contributed by atoms with Gasteiger partial charge in [0, 0.05) is 30.1 Å². The van der Waals surface area contributed by atoms with Gasteiger partial charge in [-0.05, 0) is 48.7 Å². The SMILES string of the molecule is Cc1ccc(S(=O)(=O)NCc2ccc(-c3[nH]ncc3-c3ccncc3C)cc2)cc1. The van der Waals surface area contributed by atoms with Crippen molar-refractivity contribution in [1.82, 2.24) is 19.9 Å². The predicted octanol–water partition coefficient (Wildman–Crippen LogP) is 4.23. The van der Waals surface area contributed by atoms with Gasteiger partial charge in [-0.25, -0.2) is 13.1 Å². The molecule has 2 N–H and O–H groups in total. The zero-order valence-corrected chi connectivity index (χ0v) is 17.6. The van der Waals surface area contributed by atoms with E-state index in [-0.39, 0.29) is 11.4 Å². The van der Waals surface area contributed by atoms with Gasteiger partial charge in [-0.1, -0.05) is 42.0 Å². The van der Waals surface area contributed by atoms with Crippen LogP contribution in [0.5, 0.6) is 0 Å². The molecular formula is C23H22N4O2S. The summed E-state index contributed by atoms with van der Waals surface area (Å²) in [5, 5.41) is 7.28. The van der Waals surface area contributed by atoms with Crippen molar-refractivity contribution in [2.45, 2.75) is 25.3 Å². The first kappa shape index (κ1) is 20.0. The molecule has 0 amide bonds. The van der Waals surface area contributed by atoms with Crippen molar-refractivity contribution in [3.05, 3.63) is 89.9 Å². The number of rotatable bonds is 6. The van der Waals surface area contributed by atoms with Crippen LogP contribution in [-0.2, 0) is 16.6 Å². The number of hydrogen-bond acceptors (Lipinski definition) is 4. The van der Waals surface area contributed by atoms with Crippen molar-refractivity contribution in [3.8, 4) is 22.4 Å². The fourth-order valence-electron chi connectivity index (χ4n) is 3.25. The summed E-state index contributed by atoms with van der Waals surface area (Å²) in [6, 6.07) is 16.5. The standard InChI is InChI=1S/C23H22N4O2S/c1-16-3-9-20(10-4-16)30(28,29)26-14-18-5-7-19(8-6-18)23-22(15-25-27-23)21-11-12-24-13-17(21)2/h3-13,15,26H,14H2,1-2H3,(H,25,27). The molecule has 2 aromatic carbocycles. The van der Waals surface area contributed by atoms with E-state index >= 15 is 0 Å². The van der Waals surface area contributed by atoms with E-state index in [0.717, 1.165) is 39.1 Å². The van der Waals surface area contributed by atoms with Crippen LogP contribution in [0.3, 0.4) is 0 Å². The van der Waals surface area contributed by atoms with Crippen LogP contribution < -0.4 is 4.72 Å². The number of sulfonamides is 1. The third kappa shape index (κ3) is 4.17. The smallest absolute Gasteiger partial charge is 0.240 e. The maximum absolute atomic E-state index is 12.5. The highest BCUT2D eigenvalue weighted by atomic mass is 32.2. The quantitative estimate of drug-likeness (QED) is 0.490. The van der Waals surface area contributed by atoms with E-state index in [0.29, 0.717) is 0 Å². The Morgan fingerprint density at radius 2 is 1.63 bits per heavy atom. The van der Waals surface area contributed by atoms with Crippen LogP contribution in [0.2, 0.25) is 0 Å². The molecule has 0 aliphatic carbocycles. The van der Waals surface area contributed by atoms with Crippen LogP contribution in [-0.4, -0.2) is 23.6 Å². The van der Waals surface area contributed by atoms with Gasteiger partial charge < -0.3 is 0 Å². The zero-order chi connectivity index (χ0) is 21.1. The molecule has 4 rings (SSSR count). The van der Waals surface area contributed by atoms with Crippen molar-refractivity contribution < 1.29 is 8.42 Å². The molecule has 30 heavy (non-hydrogen) atoms. The van der Waals surface area contributed by atoms with E-state index in [1.165, 1.54) is 0 Å². The number of nitrogens with one attached hydrogen (secondary N) is 2. The number of H-pyrrole nitrogens is 1. The zero-order valence-electron chi connectivity index (χ0n) is 16.8. The highest BCUT2D eigenvalue weighted by Crippen LogP contribution is 2.31. The first-order chi connectivity index (χ1) is 14.4. The van der Waals surface area contributed by atoms with E-state index in [4.69, 9.17) is 0 Å². The molecule has 152 valence electrons. The summed E-state index contributed by atoms with van der Waals surface area (Å²) < 4.78 is 27.6. The minimum Gasteiger partial charge on any atom is -0.277 e. The maximum Gasteiger partial charge on any atom is 0.240 e. The summed E-state index contributed by atoms with van der Waals surface area (Å²) in [5.41, 5.74) is 6.92. The number of benzene rings is 2. The molecule has 0 radical (unpaired) electrons. The van der Waals surface area contributed by atoms with Gasteiger partial charge in [-0.15, -0.1) is 0 Å². The van der Waals surface area contributed by atoms with E-state index in [2.05, 4.69) is 19.9 Å². The molecule has 0 bridgehead atoms. The topological polar surface area (TPSA) is 87.7 Å². The molecule has 6 nitrogen and oxygen atoms in total. The van der Waals surface area contributed by atoms with Crippen molar-refractivity contribution in [3.63, 3.8) is 0 Å². The van der Waals surface area contributed by atoms with Crippen LogP contribution in [0.25, 0.3) is 22.4 Å². The number of nitrogens with zero attached hydrogens (tertiary/aromatic N) is 2. The molecule has 0 saturated carbocycles. The molecule has 0 saturated heterocycles. The number of hydrogen-bond donors (Lipinski definition) is 2. The summed E-state index contributed by atoms with van der Waals surface area (Å²) in [5.74, 6) is 0. The van der Waals surface area contributed by atoms with Crippen molar-refractivity contribution >= 4 is 10.0 Å². The van der Waals surface area contributed by atoms with E-state index < -0.39 is 10.0 Å². The molecule has 0 aliphatic rings. The van der Waals surface area contributed by atoms with Crippen molar-refractivity contribution in [2.24, 2.45) is 0 Å². The largest absolute Gasteiger partial charge is 0.277 e. The third-order valence-corrected chi connectivity index (χ3v) is 6.41. The maximum atomic E-state index is 12.5. The molecule has 4 aromatic rings. The molecule has 0 spiro atoms. The average molecular weight is 419 g/mol. The van der Waals surface area contributed by atoms with Gasteiger partial charge in [0.25, 0.3) is 0 Å². The predicted molar refractivity (Wildman–Crippen MR) is 117 cm³/mol. The lowest BCUT2D eigenvalue weighted by Crippen LogP contribution is -2.23. The molecule has 0 unspecified atom stereocenters. The summed E-state index contributed by atoms with van der Waals surface area (Å²) in [6.45, 7) is 4.16. The van der Waals surface area contributed by atoms with E-state index in [1.54, 1.807) is 36.7 Å². The van der Waals surface area contributed by atoms with Crippen molar-refractivity contribution in [1.29, 1.82) is 0 Å². The molecular weight excluding hydrogens is 396 g/mol. The van der Waals surface area contributed by atoms with Crippen LogP contribution in [0.15, 0.2) is 78.1 Å². The highest BCUT2D eigenvalue weighted by molar-refractivity contribution is 7.89. The Balaban J connectivity index is 1.51. The summed E-state index contributed by atoms with van der Waals surface area (Å²) >= 11 is 0. The minimum absolute atomic E-state index is 0.218. The summed E-state index contributed by atoms with van der Waals surface area (Å²) in [7, 11) is -3.55. The van der Waals surface area contributed by atoms with Gasteiger partial charge in [0.15, 0.2) is 0 Å². The van der Waals surface area contributed by atoms with Gasteiger partial charge in [-0.3, -0.25) is 10.1 Å². The van der Waals surface area contributed by atoms with Crippen LogP contribution in [0.4, 0.5) is 0 Å². The summed E-state index contributed by atoms with van der Waals surface area (Å²) in [4.78, 5) is 4.41. The second-order valence-electron chi connectivity index (χ2n) is 7.18. The lowest BCUT2D eigenvalue weighted by molar-refractivity contribution is 0.581. The molecule has 7 heteroatoms. The number of aryl methyl sites for hydroxylation is 2. The Kier molecular flexibility index (Phi) is 5.48. The van der Waals surface area contributed by atoms with Gasteiger partial charge in [-0.2, -0.15) is 5.10 Å². The molecule has 2 heterocycles. The summed E-state index contributed by atoms with van der Waals surface area (Å²) in [6.07, 6.45) is 5.40. The number of aromatic nitrogens is 3. The second kappa shape index (κ2) is 8.22. The van der Waals surface area contributed by atoms with Gasteiger partial charge in [0.2, 0.25) is 10.0 Å². The average Bonchev–Trinajstić information content (AvgIpc) is 3.23. The Hall–Kier alpha value is -3.29. The van der Waals surface area contributed by atoms with Gasteiger partial charge in [0.05, 0.1) is 16.8 Å². The Morgan fingerprint density at radius 3 is 2.33 bits per heavy atom. The Bertz CT molecular complexity index is 1260. The minimum atomic E-state index is -3.55. The van der Waals surface area contributed by atoms with Crippen LogP contribution in [0, 0.1) is 13.8 Å². The fourth-order valence-corrected chi connectivity index (χ4v) is 4.27. The fraction of sp³-hybridized carbons (Fsp3) is 0.130. The Morgan fingerprint density at radius 1 is 0.900 bits per heavy atom. The first-order valence-electron chi connectivity index (χ1n) is 9.54. The molecule has 0 atom stereocenters. The molecule has 0 fully saturated rings.